The highest BCUT2D eigenvalue weighted by atomic mass is 16.1. The van der Waals surface area contributed by atoms with E-state index in [9.17, 15) is 9.59 Å². The van der Waals surface area contributed by atoms with Crippen LogP contribution in [-0.2, 0) is 11.3 Å². The molecule has 1 rings (SSSR count). The summed E-state index contributed by atoms with van der Waals surface area (Å²) in [5.74, 6) is -0.673. The van der Waals surface area contributed by atoms with E-state index in [0.717, 1.165) is 0 Å². The second-order valence-corrected chi connectivity index (χ2v) is 2.13. The molecule has 0 fully saturated rings. The van der Waals surface area contributed by atoms with Gasteiger partial charge in [-0.25, -0.2) is 0 Å². The van der Waals surface area contributed by atoms with E-state index in [-0.39, 0.29) is 12.0 Å². The van der Waals surface area contributed by atoms with Gasteiger partial charge in [-0.3, -0.25) is 15.3 Å². The van der Waals surface area contributed by atoms with Gasteiger partial charge in [0.25, 0.3) is 5.91 Å². The molecule has 0 aliphatic heterocycles. The first-order valence-corrected chi connectivity index (χ1v) is 3.09. The molecule has 0 aliphatic rings. The number of aromatic nitrogens is 1. The molecule has 11 heavy (non-hydrogen) atoms. The van der Waals surface area contributed by atoms with E-state index >= 15 is 0 Å². The van der Waals surface area contributed by atoms with Crippen LogP contribution in [0.4, 0.5) is 0 Å². The summed E-state index contributed by atoms with van der Waals surface area (Å²) in [5, 5.41) is 0. The van der Waals surface area contributed by atoms with Crippen LogP contribution in [0.2, 0.25) is 0 Å². The summed E-state index contributed by atoms with van der Waals surface area (Å²) in [7, 11) is 0. The molecular formula is C7H7N2O2. The van der Waals surface area contributed by atoms with Gasteiger partial charge in [0.1, 0.15) is 6.54 Å². The van der Waals surface area contributed by atoms with E-state index in [1.54, 1.807) is 0 Å². The van der Waals surface area contributed by atoms with Gasteiger partial charge in [0, 0.05) is 24.5 Å². The van der Waals surface area contributed by atoms with E-state index in [0.29, 0.717) is 0 Å². The van der Waals surface area contributed by atoms with Crippen molar-refractivity contribution in [2.45, 2.75) is 6.54 Å². The Labute approximate surface area is 63.3 Å². The van der Waals surface area contributed by atoms with Crippen LogP contribution in [0.3, 0.4) is 0 Å². The first-order valence-electron chi connectivity index (χ1n) is 3.09. The zero-order valence-corrected chi connectivity index (χ0v) is 5.78. The molecule has 57 valence electrons. The fourth-order valence-corrected chi connectivity index (χ4v) is 0.715. The van der Waals surface area contributed by atoms with Crippen molar-refractivity contribution in [3.63, 3.8) is 0 Å². The average molecular weight is 151 g/mol. The standard InChI is InChI=1S/C7H7N2O2/c8-7(11)5-9-3-1-6(10)2-4-9/h1-4,8H,5H2. The molecule has 1 aromatic heterocycles. The number of carbonyl (C=O) groups is 1. The molecule has 1 N–H and O–H groups in total. The predicted molar refractivity (Wildman–Crippen MR) is 38.8 cm³/mol. The summed E-state index contributed by atoms with van der Waals surface area (Å²) in [6.07, 6.45) is 2.96. The zero-order valence-electron chi connectivity index (χ0n) is 5.78. The maximum Gasteiger partial charge on any atom is 0.258 e. The lowest BCUT2D eigenvalue weighted by atomic mass is 10.4. The molecule has 0 saturated heterocycles. The van der Waals surface area contributed by atoms with Gasteiger partial charge >= 0.3 is 0 Å². The highest BCUT2D eigenvalue weighted by molar-refractivity contribution is 5.72. The summed E-state index contributed by atoms with van der Waals surface area (Å²) in [6, 6.07) is 2.70. The third-order valence-electron chi connectivity index (χ3n) is 1.19. The van der Waals surface area contributed by atoms with Gasteiger partial charge in [0.15, 0.2) is 5.43 Å². The molecule has 0 bridgehead atoms. The van der Waals surface area contributed by atoms with Crippen LogP contribution in [-0.4, -0.2) is 10.5 Å². The average Bonchev–Trinajstić information content (AvgIpc) is 1.93. The van der Waals surface area contributed by atoms with Gasteiger partial charge in [-0.2, -0.15) is 0 Å². The third kappa shape index (κ3) is 2.25. The van der Waals surface area contributed by atoms with E-state index in [1.165, 1.54) is 29.1 Å². The van der Waals surface area contributed by atoms with E-state index in [1.807, 2.05) is 0 Å². The molecule has 0 atom stereocenters. The molecule has 1 aromatic rings. The molecule has 4 nitrogen and oxygen atoms in total. The SMILES string of the molecule is [NH]C(=O)Cn1ccc(=O)cc1. The largest absolute Gasteiger partial charge is 0.345 e. The van der Waals surface area contributed by atoms with Crippen LogP contribution in [0.1, 0.15) is 0 Å². The Hall–Kier alpha value is -1.58. The Morgan fingerprint density at radius 2 is 2.00 bits per heavy atom. The van der Waals surface area contributed by atoms with Crippen molar-refractivity contribution in [3.05, 3.63) is 34.7 Å². The van der Waals surface area contributed by atoms with Crippen molar-refractivity contribution in [1.82, 2.24) is 10.3 Å². The van der Waals surface area contributed by atoms with Gasteiger partial charge in [-0.05, 0) is 0 Å². The molecule has 0 aliphatic carbocycles. The molecule has 1 heterocycles. The van der Waals surface area contributed by atoms with Crippen molar-refractivity contribution < 1.29 is 4.79 Å². The minimum atomic E-state index is -0.673. The van der Waals surface area contributed by atoms with Gasteiger partial charge in [0.2, 0.25) is 0 Å². The molecule has 1 radical (unpaired) electrons. The van der Waals surface area contributed by atoms with Gasteiger partial charge in [-0.1, -0.05) is 0 Å². The first kappa shape index (κ1) is 7.53. The van der Waals surface area contributed by atoms with Crippen molar-refractivity contribution in [3.8, 4) is 0 Å². The minimum Gasteiger partial charge on any atom is -0.345 e. The molecular weight excluding hydrogens is 144 g/mol. The number of amides is 1. The number of hydrogen-bond donors (Lipinski definition) is 0. The Balaban J connectivity index is 2.82. The van der Waals surface area contributed by atoms with E-state index in [4.69, 9.17) is 5.73 Å². The van der Waals surface area contributed by atoms with Crippen LogP contribution in [0.5, 0.6) is 0 Å². The second-order valence-electron chi connectivity index (χ2n) is 2.13. The fourth-order valence-electron chi connectivity index (χ4n) is 0.715. The number of hydrogen-bond acceptors (Lipinski definition) is 2. The topological polar surface area (TPSA) is 62.9 Å². The van der Waals surface area contributed by atoms with Crippen LogP contribution in [0, 0.1) is 0 Å². The van der Waals surface area contributed by atoms with E-state index in [2.05, 4.69) is 0 Å². The number of nitrogens with one attached hydrogen (secondary N) is 1. The van der Waals surface area contributed by atoms with Crippen LogP contribution in [0.15, 0.2) is 29.3 Å². The summed E-state index contributed by atoms with van der Waals surface area (Å²) in [5.41, 5.74) is 6.53. The molecule has 0 aromatic carbocycles. The molecule has 0 unspecified atom stereocenters. The summed E-state index contributed by atoms with van der Waals surface area (Å²) >= 11 is 0. The van der Waals surface area contributed by atoms with E-state index < -0.39 is 5.91 Å². The normalized spacial score (nSPS) is 9.45. The Bertz CT molecular complexity index is 296. The fraction of sp³-hybridized carbons (Fsp3) is 0.143. The van der Waals surface area contributed by atoms with Crippen LogP contribution in [0.25, 0.3) is 0 Å². The van der Waals surface area contributed by atoms with Crippen molar-refractivity contribution in [2.24, 2.45) is 0 Å². The summed E-state index contributed by atoms with van der Waals surface area (Å²) in [4.78, 5) is 20.8. The number of carbonyl (C=O) groups excluding carboxylic acids is 1. The van der Waals surface area contributed by atoms with Crippen LogP contribution < -0.4 is 11.2 Å². The Morgan fingerprint density at radius 1 is 1.45 bits per heavy atom. The number of pyridine rings is 1. The molecule has 4 heteroatoms. The summed E-state index contributed by atoms with van der Waals surface area (Å²) in [6.45, 7) is 0.000278. The number of nitrogens with zero attached hydrogens (tertiary/aromatic N) is 1. The Kier molecular flexibility index (Phi) is 2.06. The quantitative estimate of drug-likeness (QED) is 0.580. The molecule has 0 saturated carbocycles. The maximum absolute atomic E-state index is 10.6. The van der Waals surface area contributed by atoms with Crippen LogP contribution >= 0.6 is 0 Å². The number of rotatable bonds is 2. The van der Waals surface area contributed by atoms with Gasteiger partial charge in [-0.15, -0.1) is 0 Å². The smallest absolute Gasteiger partial charge is 0.258 e. The highest BCUT2D eigenvalue weighted by Crippen LogP contribution is 1.82. The van der Waals surface area contributed by atoms with Crippen molar-refractivity contribution >= 4 is 5.91 Å². The second kappa shape index (κ2) is 3.01. The third-order valence-corrected chi connectivity index (χ3v) is 1.19. The predicted octanol–water partition coefficient (Wildman–Crippen LogP) is -0.342. The van der Waals surface area contributed by atoms with Gasteiger partial charge in [0.05, 0.1) is 0 Å². The lowest BCUT2D eigenvalue weighted by Gasteiger charge is -1.99. The lowest BCUT2D eigenvalue weighted by molar-refractivity contribution is -0.119. The van der Waals surface area contributed by atoms with Crippen molar-refractivity contribution in [2.75, 3.05) is 0 Å². The zero-order chi connectivity index (χ0) is 8.27. The Morgan fingerprint density at radius 3 is 2.45 bits per heavy atom. The maximum atomic E-state index is 10.6. The molecule has 0 spiro atoms. The monoisotopic (exact) mass is 151 g/mol. The minimum absolute atomic E-state index is 0.000278. The lowest BCUT2D eigenvalue weighted by Crippen LogP contribution is -2.11. The highest BCUT2D eigenvalue weighted by Gasteiger charge is 1.93. The van der Waals surface area contributed by atoms with Gasteiger partial charge < -0.3 is 4.57 Å². The summed E-state index contributed by atoms with van der Waals surface area (Å²) < 4.78 is 1.48. The first-order chi connectivity index (χ1) is 5.18. The van der Waals surface area contributed by atoms with Crippen molar-refractivity contribution in [1.29, 1.82) is 0 Å². The molecule has 1 amide bonds.